The quantitative estimate of drug-likeness (QED) is 0.610. The number of hydrogen-bond donors (Lipinski definition) is 2. The molecule has 0 saturated carbocycles. The molecule has 1 unspecified atom stereocenters. The molecule has 0 amide bonds. The van der Waals surface area contributed by atoms with E-state index in [0.29, 0.717) is 0 Å². The molecule has 2 atom stereocenters. The van der Waals surface area contributed by atoms with E-state index in [1.807, 2.05) is 0 Å². The van der Waals surface area contributed by atoms with Gasteiger partial charge in [-0.15, -0.1) is 23.2 Å². The topological polar surface area (TPSA) is 40.5 Å². The zero-order valence-electron chi connectivity index (χ0n) is 4.93. The third kappa shape index (κ3) is 4.97. The number of alkyl halides is 2. The molecule has 56 valence electrons. The summed E-state index contributed by atoms with van der Waals surface area (Å²) in [5.74, 6) is 0.294. The van der Waals surface area contributed by atoms with E-state index in [-0.39, 0.29) is 18.2 Å². The van der Waals surface area contributed by atoms with Gasteiger partial charge in [0.15, 0.2) is 0 Å². The SMILES string of the molecule is OC(CCl)C[C@@H](O)CCl. The Morgan fingerprint density at radius 1 is 1.00 bits per heavy atom. The molecule has 2 N–H and O–H groups in total. The van der Waals surface area contributed by atoms with Crippen LogP contribution in [0.25, 0.3) is 0 Å². The first-order valence-electron chi connectivity index (χ1n) is 2.68. The summed E-state index contributed by atoms with van der Waals surface area (Å²) in [6.07, 6.45) is -1.02. The zero-order chi connectivity index (χ0) is 7.28. The highest BCUT2D eigenvalue weighted by Crippen LogP contribution is 2.01. The lowest BCUT2D eigenvalue weighted by molar-refractivity contribution is 0.105. The van der Waals surface area contributed by atoms with Crippen LogP contribution in [0, 0.1) is 0 Å². The lowest BCUT2D eigenvalue weighted by Crippen LogP contribution is -2.19. The molecule has 0 saturated heterocycles. The maximum Gasteiger partial charge on any atom is 0.0700 e. The highest BCUT2D eigenvalue weighted by atomic mass is 35.5. The standard InChI is InChI=1S/C5H10Cl2O2/c6-2-4(8)1-5(9)3-7/h4-5,8-9H,1-3H2/t4-,5?/m1/s1. The van der Waals surface area contributed by atoms with Crippen molar-refractivity contribution in [3.8, 4) is 0 Å². The fraction of sp³-hybridized carbons (Fsp3) is 1.00. The minimum absolute atomic E-state index is 0.147. The van der Waals surface area contributed by atoms with Gasteiger partial charge in [-0.2, -0.15) is 0 Å². The monoisotopic (exact) mass is 172 g/mol. The third-order valence-electron chi connectivity index (χ3n) is 0.900. The molecule has 0 aromatic heterocycles. The molecule has 0 spiro atoms. The zero-order valence-corrected chi connectivity index (χ0v) is 6.44. The van der Waals surface area contributed by atoms with Crippen molar-refractivity contribution in [3.05, 3.63) is 0 Å². The van der Waals surface area contributed by atoms with Crippen LogP contribution in [0.1, 0.15) is 6.42 Å². The maximum atomic E-state index is 8.81. The van der Waals surface area contributed by atoms with Crippen LogP contribution in [0.15, 0.2) is 0 Å². The van der Waals surface area contributed by atoms with Gasteiger partial charge in [0.2, 0.25) is 0 Å². The minimum atomic E-state index is -0.639. The third-order valence-corrected chi connectivity index (χ3v) is 1.61. The van der Waals surface area contributed by atoms with Gasteiger partial charge < -0.3 is 10.2 Å². The molecule has 0 aliphatic rings. The molecule has 0 aliphatic carbocycles. The van der Waals surface area contributed by atoms with Gasteiger partial charge in [-0.3, -0.25) is 0 Å². The predicted octanol–water partition coefficient (Wildman–Crippen LogP) is 0.576. The van der Waals surface area contributed by atoms with Crippen molar-refractivity contribution in [2.75, 3.05) is 11.8 Å². The van der Waals surface area contributed by atoms with Gasteiger partial charge in [0.05, 0.1) is 12.2 Å². The first kappa shape index (κ1) is 9.50. The van der Waals surface area contributed by atoms with Gasteiger partial charge in [-0.25, -0.2) is 0 Å². The molecular weight excluding hydrogens is 163 g/mol. The van der Waals surface area contributed by atoms with Crippen LogP contribution < -0.4 is 0 Å². The van der Waals surface area contributed by atoms with Gasteiger partial charge in [0.25, 0.3) is 0 Å². The van der Waals surface area contributed by atoms with E-state index in [9.17, 15) is 0 Å². The van der Waals surface area contributed by atoms with Gasteiger partial charge >= 0.3 is 0 Å². The molecule has 0 aliphatic heterocycles. The van der Waals surface area contributed by atoms with Gasteiger partial charge in [-0.05, 0) is 0 Å². The Labute approximate surface area is 64.4 Å². The van der Waals surface area contributed by atoms with Crippen molar-refractivity contribution in [2.24, 2.45) is 0 Å². The van der Waals surface area contributed by atoms with Crippen molar-refractivity contribution in [2.45, 2.75) is 18.6 Å². The van der Waals surface area contributed by atoms with Crippen molar-refractivity contribution in [3.63, 3.8) is 0 Å². The highest BCUT2D eigenvalue weighted by Gasteiger charge is 2.08. The summed E-state index contributed by atoms with van der Waals surface area (Å²) >= 11 is 10.5. The van der Waals surface area contributed by atoms with Crippen LogP contribution in [0.4, 0.5) is 0 Å². The van der Waals surface area contributed by atoms with Crippen LogP contribution in [-0.4, -0.2) is 34.2 Å². The molecule has 9 heavy (non-hydrogen) atoms. The number of aliphatic hydroxyl groups is 2. The molecular formula is C5H10Cl2O2. The second-order valence-electron chi connectivity index (χ2n) is 1.85. The normalized spacial score (nSPS) is 17.3. The first-order valence-corrected chi connectivity index (χ1v) is 3.75. The van der Waals surface area contributed by atoms with Crippen molar-refractivity contribution < 1.29 is 10.2 Å². The van der Waals surface area contributed by atoms with E-state index in [1.54, 1.807) is 0 Å². The first-order chi connectivity index (χ1) is 4.20. The largest absolute Gasteiger partial charge is 0.392 e. The Bertz CT molecular complexity index is 62.0. The van der Waals surface area contributed by atoms with Crippen LogP contribution >= 0.6 is 23.2 Å². The smallest absolute Gasteiger partial charge is 0.0700 e. The molecule has 0 fully saturated rings. The van der Waals surface area contributed by atoms with Crippen molar-refractivity contribution >= 4 is 23.2 Å². The van der Waals surface area contributed by atoms with E-state index in [2.05, 4.69) is 0 Å². The molecule has 0 rings (SSSR count). The van der Waals surface area contributed by atoms with E-state index >= 15 is 0 Å². The average molecular weight is 173 g/mol. The number of halogens is 2. The lowest BCUT2D eigenvalue weighted by Gasteiger charge is -2.09. The summed E-state index contributed by atoms with van der Waals surface area (Å²) in [4.78, 5) is 0. The Kier molecular flexibility index (Phi) is 5.59. The second-order valence-corrected chi connectivity index (χ2v) is 2.47. The fourth-order valence-electron chi connectivity index (χ4n) is 0.440. The Morgan fingerprint density at radius 3 is 1.56 bits per heavy atom. The summed E-state index contributed by atoms with van der Waals surface area (Å²) in [5, 5.41) is 17.6. The highest BCUT2D eigenvalue weighted by molar-refractivity contribution is 6.18. The molecule has 4 heteroatoms. The Hall–Kier alpha value is 0.500. The summed E-state index contributed by atoms with van der Waals surface area (Å²) in [5.41, 5.74) is 0. The Morgan fingerprint density at radius 2 is 1.33 bits per heavy atom. The average Bonchev–Trinajstić information content (AvgIpc) is 1.87. The molecule has 0 aromatic carbocycles. The summed E-state index contributed by atoms with van der Waals surface area (Å²) in [6, 6.07) is 0. The minimum Gasteiger partial charge on any atom is -0.392 e. The van der Waals surface area contributed by atoms with Crippen molar-refractivity contribution in [1.29, 1.82) is 0 Å². The van der Waals surface area contributed by atoms with E-state index in [0.717, 1.165) is 0 Å². The number of aliphatic hydroxyl groups excluding tert-OH is 2. The number of rotatable bonds is 4. The van der Waals surface area contributed by atoms with Crippen LogP contribution in [-0.2, 0) is 0 Å². The predicted molar refractivity (Wildman–Crippen MR) is 38.1 cm³/mol. The fourth-order valence-corrected chi connectivity index (χ4v) is 0.692. The summed E-state index contributed by atoms with van der Waals surface area (Å²) in [7, 11) is 0. The molecule has 0 aromatic rings. The molecule has 0 radical (unpaired) electrons. The van der Waals surface area contributed by atoms with Crippen molar-refractivity contribution in [1.82, 2.24) is 0 Å². The summed E-state index contributed by atoms with van der Waals surface area (Å²) in [6.45, 7) is 0. The number of hydrogen-bond acceptors (Lipinski definition) is 2. The Balaban J connectivity index is 3.22. The van der Waals surface area contributed by atoms with Crippen LogP contribution in [0.2, 0.25) is 0 Å². The molecule has 0 heterocycles. The van der Waals surface area contributed by atoms with E-state index < -0.39 is 12.2 Å². The van der Waals surface area contributed by atoms with Crippen LogP contribution in [0.5, 0.6) is 0 Å². The van der Waals surface area contributed by atoms with Gasteiger partial charge in [0.1, 0.15) is 0 Å². The maximum absolute atomic E-state index is 8.81. The lowest BCUT2D eigenvalue weighted by atomic mass is 10.2. The van der Waals surface area contributed by atoms with Gasteiger partial charge in [-0.1, -0.05) is 0 Å². The molecule has 2 nitrogen and oxygen atoms in total. The molecule has 0 bridgehead atoms. The van der Waals surface area contributed by atoms with Gasteiger partial charge in [0, 0.05) is 18.2 Å². The summed E-state index contributed by atoms with van der Waals surface area (Å²) < 4.78 is 0. The van der Waals surface area contributed by atoms with Crippen LogP contribution in [0.3, 0.4) is 0 Å². The second kappa shape index (κ2) is 5.30. The van der Waals surface area contributed by atoms with E-state index in [1.165, 1.54) is 0 Å². The van der Waals surface area contributed by atoms with E-state index in [4.69, 9.17) is 33.4 Å².